The van der Waals surface area contributed by atoms with E-state index in [9.17, 15) is 18.3 Å². The SMILES string of the molecule is CCNC(C)(CN1CCN(S(C)(=O)=O)CC1)C(=O)O. The summed E-state index contributed by atoms with van der Waals surface area (Å²) in [4.78, 5) is 13.3. The van der Waals surface area contributed by atoms with Crippen LogP contribution in [0.2, 0.25) is 0 Å². The molecule has 1 atom stereocenters. The zero-order valence-corrected chi connectivity index (χ0v) is 12.5. The summed E-state index contributed by atoms with van der Waals surface area (Å²) in [7, 11) is -3.14. The van der Waals surface area contributed by atoms with Crippen molar-refractivity contribution in [3.8, 4) is 0 Å². The van der Waals surface area contributed by atoms with Gasteiger partial charge in [0, 0.05) is 32.7 Å². The minimum Gasteiger partial charge on any atom is -0.480 e. The molecule has 1 saturated heterocycles. The maximum atomic E-state index is 11.4. The van der Waals surface area contributed by atoms with Gasteiger partial charge in [-0.25, -0.2) is 8.42 Å². The molecular formula is C11H23N3O4S. The Morgan fingerprint density at radius 3 is 2.21 bits per heavy atom. The van der Waals surface area contributed by atoms with Gasteiger partial charge in [0.15, 0.2) is 0 Å². The molecule has 0 aliphatic carbocycles. The lowest BCUT2D eigenvalue weighted by Crippen LogP contribution is -2.60. The van der Waals surface area contributed by atoms with Crippen molar-refractivity contribution in [1.82, 2.24) is 14.5 Å². The molecule has 0 saturated carbocycles. The van der Waals surface area contributed by atoms with Crippen molar-refractivity contribution >= 4 is 16.0 Å². The molecule has 1 unspecified atom stereocenters. The molecule has 0 amide bonds. The van der Waals surface area contributed by atoms with Gasteiger partial charge in [0.2, 0.25) is 10.0 Å². The monoisotopic (exact) mass is 293 g/mol. The second-order valence-electron chi connectivity index (χ2n) is 5.11. The number of likely N-dealkylation sites (N-methyl/N-ethyl adjacent to an activating group) is 1. The summed E-state index contributed by atoms with van der Waals surface area (Å²) in [5.41, 5.74) is -0.998. The van der Waals surface area contributed by atoms with Crippen LogP contribution in [0.1, 0.15) is 13.8 Å². The van der Waals surface area contributed by atoms with E-state index in [0.717, 1.165) is 0 Å². The van der Waals surface area contributed by atoms with Gasteiger partial charge in [-0.3, -0.25) is 9.69 Å². The van der Waals surface area contributed by atoms with E-state index in [0.29, 0.717) is 39.3 Å². The zero-order chi connectivity index (χ0) is 14.7. The number of sulfonamides is 1. The fourth-order valence-electron chi connectivity index (χ4n) is 2.26. The number of carbonyl (C=O) groups is 1. The van der Waals surface area contributed by atoms with E-state index in [1.807, 2.05) is 11.8 Å². The minimum atomic E-state index is -3.14. The van der Waals surface area contributed by atoms with E-state index >= 15 is 0 Å². The second-order valence-corrected chi connectivity index (χ2v) is 7.09. The molecule has 0 aromatic heterocycles. The Morgan fingerprint density at radius 2 is 1.84 bits per heavy atom. The Bertz CT molecular complexity index is 418. The van der Waals surface area contributed by atoms with Crippen LogP contribution < -0.4 is 5.32 Å². The Balaban J connectivity index is 2.59. The summed E-state index contributed by atoms with van der Waals surface area (Å²) < 4.78 is 24.2. The van der Waals surface area contributed by atoms with E-state index in [1.165, 1.54) is 10.6 Å². The number of hydrogen-bond donors (Lipinski definition) is 2. The van der Waals surface area contributed by atoms with Crippen LogP contribution in [0.4, 0.5) is 0 Å². The molecule has 0 aromatic carbocycles. The molecule has 1 rings (SSSR count). The molecule has 1 aliphatic rings. The fraction of sp³-hybridized carbons (Fsp3) is 0.909. The van der Waals surface area contributed by atoms with Gasteiger partial charge < -0.3 is 10.4 Å². The highest BCUT2D eigenvalue weighted by Gasteiger charge is 2.35. The molecule has 0 radical (unpaired) electrons. The zero-order valence-electron chi connectivity index (χ0n) is 11.7. The number of rotatable bonds is 6. The first-order valence-electron chi connectivity index (χ1n) is 6.35. The van der Waals surface area contributed by atoms with E-state index < -0.39 is 21.5 Å². The summed E-state index contributed by atoms with van der Waals surface area (Å²) in [6.07, 6.45) is 1.20. The average Bonchev–Trinajstić information content (AvgIpc) is 2.28. The molecule has 8 heteroatoms. The topological polar surface area (TPSA) is 90.0 Å². The average molecular weight is 293 g/mol. The third kappa shape index (κ3) is 4.41. The third-order valence-electron chi connectivity index (χ3n) is 3.38. The third-order valence-corrected chi connectivity index (χ3v) is 4.68. The maximum Gasteiger partial charge on any atom is 0.324 e. The first kappa shape index (κ1) is 16.4. The number of hydrogen-bond acceptors (Lipinski definition) is 5. The normalized spacial score (nSPS) is 22.1. The summed E-state index contributed by atoms with van der Waals surface area (Å²) in [6.45, 7) is 6.41. The maximum absolute atomic E-state index is 11.4. The highest BCUT2D eigenvalue weighted by Crippen LogP contribution is 2.12. The van der Waals surface area contributed by atoms with Gasteiger partial charge in [0.1, 0.15) is 5.54 Å². The Morgan fingerprint density at radius 1 is 1.32 bits per heavy atom. The quantitative estimate of drug-likeness (QED) is 0.654. The predicted molar refractivity (Wildman–Crippen MR) is 72.6 cm³/mol. The van der Waals surface area contributed by atoms with Gasteiger partial charge >= 0.3 is 5.97 Å². The van der Waals surface area contributed by atoms with Gasteiger partial charge in [-0.1, -0.05) is 6.92 Å². The first-order valence-corrected chi connectivity index (χ1v) is 8.20. The molecule has 0 aromatic rings. The number of piperazine rings is 1. The minimum absolute atomic E-state index is 0.369. The van der Waals surface area contributed by atoms with E-state index in [2.05, 4.69) is 5.32 Å². The fourth-order valence-corrected chi connectivity index (χ4v) is 3.08. The summed E-state index contributed by atoms with van der Waals surface area (Å²) >= 11 is 0. The van der Waals surface area contributed by atoms with Crippen LogP contribution in [0.25, 0.3) is 0 Å². The predicted octanol–water partition coefficient (Wildman–Crippen LogP) is -0.984. The lowest BCUT2D eigenvalue weighted by molar-refractivity contribution is -0.145. The second kappa shape index (κ2) is 6.17. The lowest BCUT2D eigenvalue weighted by Gasteiger charge is -2.38. The smallest absolute Gasteiger partial charge is 0.324 e. The van der Waals surface area contributed by atoms with Crippen molar-refractivity contribution < 1.29 is 18.3 Å². The van der Waals surface area contributed by atoms with Crippen LogP contribution in [-0.2, 0) is 14.8 Å². The van der Waals surface area contributed by atoms with Crippen LogP contribution in [-0.4, -0.2) is 79.8 Å². The highest BCUT2D eigenvalue weighted by atomic mass is 32.2. The van der Waals surface area contributed by atoms with Crippen molar-refractivity contribution in [1.29, 1.82) is 0 Å². The van der Waals surface area contributed by atoms with Gasteiger partial charge in [-0.15, -0.1) is 0 Å². The summed E-state index contributed by atoms with van der Waals surface area (Å²) in [5, 5.41) is 12.3. The largest absolute Gasteiger partial charge is 0.480 e. The molecule has 1 fully saturated rings. The number of nitrogens with one attached hydrogen (secondary N) is 1. The first-order chi connectivity index (χ1) is 8.69. The van der Waals surface area contributed by atoms with Crippen LogP contribution in [0.3, 0.4) is 0 Å². The summed E-state index contributed by atoms with van der Waals surface area (Å²) in [6, 6.07) is 0. The molecule has 7 nitrogen and oxygen atoms in total. The molecule has 19 heavy (non-hydrogen) atoms. The van der Waals surface area contributed by atoms with Crippen molar-refractivity contribution in [2.24, 2.45) is 0 Å². The van der Waals surface area contributed by atoms with Crippen molar-refractivity contribution in [3.05, 3.63) is 0 Å². The molecule has 0 bridgehead atoms. The van der Waals surface area contributed by atoms with E-state index in [-0.39, 0.29) is 0 Å². The molecule has 2 N–H and O–H groups in total. The molecule has 1 heterocycles. The molecule has 1 aliphatic heterocycles. The molecule has 112 valence electrons. The molecular weight excluding hydrogens is 270 g/mol. The Hall–Kier alpha value is -0.700. The van der Waals surface area contributed by atoms with Gasteiger partial charge in [0.05, 0.1) is 6.26 Å². The van der Waals surface area contributed by atoms with Crippen LogP contribution in [0.15, 0.2) is 0 Å². The van der Waals surface area contributed by atoms with Crippen molar-refractivity contribution in [2.75, 3.05) is 45.5 Å². The van der Waals surface area contributed by atoms with Crippen molar-refractivity contribution in [2.45, 2.75) is 19.4 Å². The number of nitrogens with zero attached hydrogens (tertiary/aromatic N) is 2. The molecule has 0 spiro atoms. The number of carboxylic acid groups (broad SMARTS) is 1. The van der Waals surface area contributed by atoms with E-state index in [1.54, 1.807) is 6.92 Å². The van der Waals surface area contributed by atoms with Gasteiger partial charge in [-0.2, -0.15) is 4.31 Å². The standard InChI is InChI=1S/C11H23N3O4S/c1-4-12-11(2,10(15)16)9-13-5-7-14(8-6-13)19(3,17)18/h12H,4-9H2,1-3H3,(H,15,16). The van der Waals surface area contributed by atoms with Crippen LogP contribution >= 0.6 is 0 Å². The Kier molecular flexibility index (Phi) is 5.31. The van der Waals surface area contributed by atoms with Crippen molar-refractivity contribution in [3.63, 3.8) is 0 Å². The lowest BCUT2D eigenvalue weighted by atomic mass is 10.0. The van der Waals surface area contributed by atoms with Gasteiger partial charge in [-0.05, 0) is 13.5 Å². The Labute approximate surface area is 114 Å². The van der Waals surface area contributed by atoms with Crippen LogP contribution in [0, 0.1) is 0 Å². The highest BCUT2D eigenvalue weighted by molar-refractivity contribution is 7.88. The van der Waals surface area contributed by atoms with Gasteiger partial charge in [0.25, 0.3) is 0 Å². The summed E-state index contributed by atoms with van der Waals surface area (Å²) in [5.74, 6) is -0.889. The van der Waals surface area contributed by atoms with Crippen LogP contribution in [0.5, 0.6) is 0 Å². The number of aliphatic carboxylic acids is 1. The van der Waals surface area contributed by atoms with E-state index in [4.69, 9.17) is 0 Å². The number of carboxylic acids is 1.